The van der Waals surface area contributed by atoms with Crippen molar-refractivity contribution >= 4 is 55.8 Å². The minimum Gasteiger partial charge on any atom is -0.496 e. The van der Waals surface area contributed by atoms with Crippen LogP contribution in [0.2, 0.25) is 0 Å². The lowest BCUT2D eigenvalue weighted by atomic mass is 10.1. The summed E-state index contributed by atoms with van der Waals surface area (Å²) in [5.41, 5.74) is 3.63. The third-order valence-electron chi connectivity index (χ3n) is 6.12. The molecule has 0 aliphatic carbocycles. The molecule has 2 aliphatic heterocycles. The van der Waals surface area contributed by atoms with E-state index in [9.17, 15) is 4.89 Å². The van der Waals surface area contributed by atoms with Crippen LogP contribution in [0.4, 0.5) is 0 Å². The molecule has 0 atom stereocenters. The lowest BCUT2D eigenvalue weighted by Crippen LogP contribution is -1.97. The van der Waals surface area contributed by atoms with Crippen molar-refractivity contribution in [2.75, 3.05) is 14.2 Å². The molecule has 2 aliphatic rings. The van der Waals surface area contributed by atoms with Crippen LogP contribution in [0.15, 0.2) is 105 Å². The molecule has 0 fully saturated rings. The van der Waals surface area contributed by atoms with E-state index >= 15 is 0 Å². The number of methoxy groups -OCH3 is 2. The van der Waals surface area contributed by atoms with E-state index in [1.54, 1.807) is 37.7 Å². The highest BCUT2D eigenvalue weighted by molar-refractivity contribution is 8.00. The van der Waals surface area contributed by atoms with Crippen molar-refractivity contribution in [2.24, 2.45) is 0 Å². The average molecular weight is 559 g/mol. The average Bonchev–Trinajstić information content (AvgIpc) is 3.20. The van der Waals surface area contributed by atoms with Gasteiger partial charge in [-0.1, -0.05) is 72.1 Å². The minimum absolute atomic E-state index is 0.514. The summed E-state index contributed by atoms with van der Waals surface area (Å²) in [6, 6.07) is 27.7. The maximum Gasteiger partial charge on any atom is 0.460 e. The Kier molecular flexibility index (Phi) is 7.09. The zero-order valence-corrected chi connectivity index (χ0v) is 23.1. The molecule has 38 heavy (non-hydrogen) atoms. The molecule has 4 aromatic carbocycles. The van der Waals surface area contributed by atoms with Gasteiger partial charge in [0.2, 0.25) is 0 Å². The molecule has 2 heterocycles. The summed E-state index contributed by atoms with van der Waals surface area (Å²) in [4.78, 5) is 15.2. The molecule has 0 saturated heterocycles. The first-order chi connectivity index (χ1) is 18.6. The van der Waals surface area contributed by atoms with Crippen LogP contribution in [0.1, 0.15) is 22.3 Å². The Morgan fingerprint density at radius 3 is 1.47 bits per heavy atom. The number of rotatable bonds is 6. The van der Waals surface area contributed by atoms with E-state index < -0.39 is 8.60 Å². The van der Waals surface area contributed by atoms with E-state index in [0.29, 0.717) is 11.5 Å². The van der Waals surface area contributed by atoms with Gasteiger partial charge in [-0.15, -0.1) is 0 Å². The lowest BCUT2D eigenvalue weighted by Gasteiger charge is -2.19. The number of ether oxygens (including phenoxy) is 2. The van der Waals surface area contributed by atoms with Crippen LogP contribution in [0.3, 0.4) is 0 Å². The second-order valence-corrected chi connectivity index (χ2v) is 11.3. The van der Waals surface area contributed by atoms with Crippen LogP contribution in [-0.4, -0.2) is 19.1 Å². The van der Waals surface area contributed by atoms with Crippen molar-refractivity contribution in [3.63, 3.8) is 0 Å². The summed E-state index contributed by atoms with van der Waals surface area (Å²) >= 11 is 3.22. The Balaban J connectivity index is 1.38. The van der Waals surface area contributed by atoms with Gasteiger partial charge in [0.25, 0.3) is 0 Å². The second-order valence-electron chi connectivity index (χ2n) is 8.39. The molecule has 0 radical (unpaired) electrons. The molecule has 0 amide bonds. The van der Waals surface area contributed by atoms with E-state index in [0.717, 1.165) is 53.3 Å². The summed E-state index contributed by atoms with van der Waals surface area (Å²) in [5.74, 6) is 2.51. The second kappa shape index (κ2) is 10.8. The van der Waals surface area contributed by atoms with Crippen molar-refractivity contribution in [1.29, 1.82) is 0 Å². The lowest BCUT2D eigenvalue weighted by molar-refractivity contribution is 0.347. The first-order valence-electron chi connectivity index (χ1n) is 11.8. The molecule has 0 aromatic heterocycles. The summed E-state index contributed by atoms with van der Waals surface area (Å²) in [6.45, 7) is 0. The van der Waals surface area contributed by atoms with Gasteiger partial charge in [0.15, 0.2) is 0 Å². The number of fused-ring (bicyclic) bond motifs is 4. The molecule has 4 aromatic rings. The fourth-order valence-corrected chi connectivity index (χ4v) is 7.29. The largest absolute Gasteiger partial charge is 0.496 e. The van der Waals surface area contributed by atoms with Crippen LogP contribution >= 0.6 is 32.1 Å². The molecule has 190 valence electrons. The Morgan fingerprint density at radius 1 is 0.579 bits per heavy atom. The molecule has 1 N–H and O–H groups in total. The number of benzene rings is 4. The van der Waals surface area contributed by atoms with Gasteiger partial charge in [-0.3, -0.25) is 0 Å². The first kappa shape index (κ1) is 25.0. The third-order valence-corrected chi connectivity index (χ3v) is 9.26. The van der Waals surface area contributed by atoms with E-state index in [4.69, 9.17) is 18.5 Å². The van der Waals surface area contributed by atoms with Gasteiger partial charge in [-0.25, -0.2) is 0 Å². The van der Waals surface area contributed by atoms with Crippen molar-refractivity contribution in [2.45, 2.75) is 19.6 Å². The van der Waals surface area contributed by atoms with Crippen LogP contribution in [0.25, 0.3) is 23.7 Å². The van der Waals surface area contributed by atoms with Crippen LogP contribution in [0.5, 0.6) is 11.5 Å². The van der Waals surface area contributed by atoms with Crippen molar-refractivity contribution in [3.8, 4) is 11.5 Å². The highest BCUT2D eigenvalue weighted by Crippen LogP contribution is 2.52. The van der Waals surface area contributed by atoms with Gasteiger partial charge in [-0.2, -0.15) is 0 Å². The fourth-order valence-electron chi connectivity index (χ4n) is 4.33. The molecule has 6 rings (SSSR count). The zero-order valence-electron chi connectivity index (χ0n) is 20.6. The van der Waals surface area contributed by atoms with Gasteiger partial charge < -0.3 is 23.4 Å². The predicted molar refractivity (Wildman–Crippen MR) is 154 cm³/mol. The molecule has 0 spiro atoms. The van der Waals surface area contributed by atoms with Crippen molar-refractivity contribution in [3.05, 3.63) is 107 Å². The van der Waals surface area contributed by atoms with E-state index in [2.05, 4.69) is 12.1 Å². The molecule has 0 saturated carbocycles. The summed E-state index contributed by atoms with van der Waals surface area (Å²) in [5, 5.41) is 0. The van der Waals surface area contributed by atoms with E-state index in [1.165, 1.54) is 0 Å². The van der Waals surface area contributed by atoms with Gasteiger partial charge in [0.05, 0.1) is 24.0 Å². The summed E-state index contributed by atoms with van der Waals surface area (Å²) in [7, 11) is 0.962. The normalized spacial score (nSPS) is 13.5. The Hall–Kier alpha value is -3.35. The van der Waals surface area contributed by atoms with Crippen LogP contribution < -0.4 is 9.47 Å². The Labute approximate surface area is 231 Å². The number of hydrogen-bond acceptors (Lipinski definition) is 7. The Morgan fingerprint density at radius 2 is 1.03 bits per heavy atom. The third kappa shape index (κ3) is 4.79. The van der Waals surface area contributed by atoms with Crippen molar-refractivity contribution in [1.82, 2.24) is 0 Å². The quantitative estimate of drug-likeness (QED) is 0.238. The highest BCUT2D eigenvalue weighted by Gasteiger charge is 2.27. The standard InChI is InChI=1S/C30H23O5PS2/c1-32-23-13-7-11-21-25(17-19-9-3-5-15-27(19)37-29(21)23)34-36(31)35-26-18-20-10-4-6-16-28(20)38-30-22(26)12-8-14-24(30)33-2/h3-18,31H,1-2H3. The number of hydrogen-bond donors (Lipinski definition) is 1. The zero-order chi connectivity index (χ0) is 26.1. The predicted octanol–water partition coefficient (Wildman–Crippen LogP) is 8.58. The van der Waals surface area contributed by atoms with Gasteiger partial charge in [0, 0.05) is 20.9 Å². The minimum atomic E-state index is -2.34. The molecule has 5 nitrogen and oxygen atoms in total. The molecule has 8 heteroatoms. The first-order valence-corrected chi connectivity index (χ1v) is 14.6. The van der Waals surface area contributed by atoms with Crippen LogP contribution in [-0.2, 0) is 9.05 Å². The highest BCUT2D eigenvalue weighted by atomic mass is 32.2. The van der Waals surface area contributed by atoms with E-state index in [1.807, 2.05) is 84.9 Å². The Bertz CT molecular complexity index is 1470. The van der Waals surface area contributed by atoms with Gasteiger partial charge in [-0.05, 0) is 59.7 Å². The molecular formula is C30H23O5PS2. The maximum absolute atomic E-state index is 11.2. The topological polar surface area (TPSA) is 57.2 Å². The smallest absolute Gasteiger partial charge is 0.460 e. The SMILES string of the molecule is COc1cccc2c1Sc1ccccc1C=C2OP(O)OC1=Cc2ccccc2Sc2c(OC)cccc21. The van der Waals surface area contributed by atoms with Crippen LogP contribution in [0, 0.1) is 0 Å². The fraction of sp³-hybridized carbons (Fsp3) is 0.0667. The molecular weight excluding hydrogens is 535 g/mol. The summed E-state index contributed by atoms with van der Waals surface area (Å²) < 4.78 is 23.6. The van der Waals surface area contributed by atoms with Gasteiger partial charge in [0.1, 0.15) is 23.0 Å². The molecule has 0 bridgehead atoms. The van der Waals surface area contributed by atoms with E-state index in [-0.39, 0.29) is 0 Å². The van der Waals surface area contributed by atoms with Crippen molar-refractivity contribution < 1.29 is 23.4 Å². The van der Waals surface area contributed by atoms with Gasteiger partial charge >= 0.3 is 8.60 Å². The molecule has 0 unspecified atom stereocenters. The monoisotopic (exact) mass is 558 g/mol. The maximum atomic E-state index is 11.2. The summed E-state index contributed by atoms with van der Waals surface area (Å²) in [6.07, 6.45) is 3.87.